The lowest BCUT2D eigenvalue weighted by Gasteiger charge is -2.15. The largest absolute Gasteiger partial charge is 0.394 e. The van der Waals surface area contributed by atoms with Crippen LogP contribution in [-0.2, 0) is 4.79 Å². The van der Waals surface area contributed by atoms with Crippen molar-refractivity contribution >= 4 is 17.6 Å². The zero-order chi connectivity index (χ0) is 18.4. The topological polar surface area (TPSA) is 120 Å². The summed E-state index contributed by atoms with van der Waals surface area (Å²) in [6.07, 6.45) is 2.94. The Hall–Kier alpha value is -3.52. The normalized spacial score (nSPS) is 11.6. The highest BCUT2D eigenvalue weighted by molar-refractivity contribution is 6.01. The zero-order valence-electron chi connectivity index (χ0n) is 13.7. The van der Waals surface area contributed by atoms with E-state index in [0.29, 0.717) is 11.4 Å². The second-order valence-electron chi connectivity index (χ2n) is 5.47. The predicted octanol–water partition coefficient (Wildman–Crippen LogP) is 1.20. The van der Waals surface area contributed by atoms with E-state index in [9.17, 15) is 14.7 Å². The number of carbonyl (C=O) groups is 2. The van der Waals surface area contributed by atoms with Crippen molar-refractivity contribution in [3.05, 3.63) is 66.5 Å². The molecule has 26 heavy (non-hydrogen) atoms. The van der Waals surface area contributed by atoms with Crippen LogP contribution in [-0.4, -0.2) is 44.8 Å². The number of H-pyrrole nitrogens is 1. The number of benzene rings is 1. The van der Waals surface area contributed by atoms with Gasteiger partial charge in [0.25, 0.3) is 11.8 Å². The first-order valence-electron chi connectivity index (χ1n) is 7.91. The number of nitrogens with one attached hydrogen (secondary N) is 3. The van der Waals surface area contributed by atoms with E-state index in [4.69, 9.17) is 0 Å². The zero-order valence-corrected chi connectivity index (χ0v) is 13.7. The first kappa shape index (κ1) is 17.3. The van der Waals surface area contributed by atoms with Gasteiger partial charge in [-0.2, -0.15) is 5.10 Å². The van der Waals surface area contributed by atoms with Gasteiger partial charge in [-0.05, 0) is 17.7 Å². The van der Waals surface area contributed by atoms with E-state index in [1.807, 2.05) is 30.3 Å². The summed E-state index contributed by atoms with van der Waals surface area (Å²) in [6, 6.07) is 13.1. The van der Waals surface area contributed by atoms with Gasteiger partial charge in [-0.1, -0.05) is 30.3 Å². The highest BCUT2D eigenvalue weighted by Crippen LogP contribution is 2.19. The molecule has 1 atom stereocenters. The van der Waals surface area contributed by atoms with Crippen molar-refractivity contribution in [1.82, 2.24) is 20.5 Å². The molecule has 0 radical (unpaired) electrons. The number of nitrogens with zero attached hydrogens (tertiary/aromatic N) is 2. The van der Waals surface area contributed by atoms with Crippen molar-refractivity contribution in [1.29, 1.82) is 0 Å². The van der Waals surface area contributed by atoms with E-state index in [1.54, 1.807) is 6.07 Å². The fraction of sp³-hybridized carbons (Fsp3) is 0.111. The van der Waals surface area contributed by atoms with Crippen LogP contribution >= 0.6 is 0 Å². The quantitative estimate of drug-likeness (QED) is 0.532. The molecule has 8 heteroatoms. The summed E-state index contributed by atoms with van der Waals surface area (Å²) in [6.45, 7) is -0.543. The van der Waals surface area contributed by atoms with Gasteiger partial charge in [0.15, 0.2) is 5.82 Å². The summed E-state index contributed by atoms with van der Waals surface area (Å²) in [4.78, 5) is 28.2. The maximum atomic E-state index is 12.3. The second kappa shape index (κ2) is 8.04. The number of carbonyl (C=O) groups excluding carboxylic acids is 2. The number of hydrogen-bond donors (Lipinski definition) is 4. The maximum absolute atomic E-state index is 12.3. The minimum atomic E-state index is -1.10. The van der Waals surface area contributed by atoms with Gasteiger partial charge in [0, 0.05) is 24.0 Å². The van der Waals surface area contributed by atoms with Crippen molar-refractivity contribution in [2.24, 2.45) is 0 Å². The number of amides is 2. The third-order valence-electron chi connectivity index (χ3n) is 3.66. The fourth-order valence-corrected chi connectivity index (χ4v) is 2.30. The van der Waals surface area contributed by atoms with Crippen LogP contribution in [0.1, 0.15) is 10.4 Å². The Bertz CT molecular complexity index is 880. The molecule has 0 aliphatic rings. The second-order valence-corrected chi connectivity index (χ2v) is 5.47. The lowest BCUT2D eigenvalue weighted by Crippen LogP contribution is -2.46. The van der Waals surface area contributed by atoms with Crippen molar-refractivity contribution in [2.45, 2.75) is 6.04 Å². The predicted molar refractivity (Wildman–Crippen MR) is 95.2 cm³/mol. The molecule has 3 aromatic rings. The molecule has 4 N–H and O–H groups in total. The Balaban J connectivity index is 1.64. The van der Waals surface area contributed by atoms with Gasteiger partial charge in [0.2, 0.25) is 0 Å². The highest BCUT2D eigenvalue weighted by Gasteiger charge is 2.21. The third-order valence-corrected chi connectivity index (χ3v) is 3.66. The summed E-state index contributed by atoms with van der Waals surface area (Å²) < 4.78 is 0. The molecule has 0 fully saturated rings. The number of pyridine rings is 1. The molecule has 2 aromatic heterocycles. The first-order chi connectivity index (χ1) is 12.7. The van der Waals surface area contributed by atoms with Crippen LogP contribution in [0.25, 0.3) is 11.3 Å². The van der Waals surface area contributed by atoms with E-state index in [0.717, 1.165) is 11.3 Å². The minimum Gasteiger partial charge on any atom is -0.394 e. The Morgan fingerprint density at radius 1 is 1.12 bits per heavy atom. The van der Waals surface area contributed by atoms with Gasteiger partial charge in [-0.25, -0.2) is 0 Å². The van der Waals surface area contributed by atoms with Crippen molar-refractivity contribution in [3.8, 4) is 11.3 Å². The van der Waals surface area contributed by atoms with Crippen molar-refractivity contribution in [2.75, 3.05) is 11.9 Å². The molecule has 132 valence electrons. The van der Waals surface area contributed by atoms with E-state index in [1.165, 1.54) is 24.5 Å². The molecule has 2 heterocycles. The number of anilines is 1. The smallest absolute Gasteiger partial charge is 0.252 e. The average Bonchev–Trinajstić information content (AvgIpc) is 3.15. The molecule has 2 amide bonds. The molecule has 1 unspecified atom stereocenters. The SMILES string of the molecule is O=C(NC(CO)C(=O)Nc1cc(-c2ccccc2)[nH]n1)c1ccncc1. The Labute approximate surface area is 149 Å². The van der Waals surface area contributed by atoms with Gasteiger partial charge < -0.3 is 15.7 Å². The standard InChI is InChI=1S/C18H17N5O3/c24-11-15(20-17(25)13-6-8-19-9-7-13)18(26)21-16-10-14(22-23-16)12-4-2-1-3-5-12/h1-10,15,24H,11H2,(H,20,25)(H2,21,22,23,26). The number of hydrogen-bond acceptors (Lipinski definition) is 5. The van der Waals surface area contributed by atoms with Crippen LogP contribution in [0.3, 0.4) is 0 Å². The molecule has 0 saturated heterocycles. The third kappa shape index (κ3) is 4.11. The highest BCUT2D eigenvalue weighted by atomic mass is 16.3. The van der Waals surface area contributed by atoms with Gasteiger partial charge in [-0.15, -0.1) is 0 Å². The molecule has 3 rings (SSSR count). The monoisotopic (exact) mass is 351 g/mol. The van der Waals surface area contributed by atoms with Crippen LogP contribution in [0.4, 0.5) is 5.82 Å². The Morgan fingerprint density at radius 2 is 1.85 bits per heavy atom. The van der Waals surface area contributed by atoms with E-state index >= 15 is 0 Å². The summed E-state index contributed by atoms with van der Waals surface area (Å²) in [7, 11) is 0. The molecular formula is C18H17N5O3. The number of aromatic nitrogens is 3. The number of aliphatic hydroxyl groups excluding tert-OH is 1. The summed E-state index contributed by atoms with van der Waals surface area (Å²) in [5.41, 5.74) is 2.00. The number of rotatable bonds is 6. The van der Waals surface area contributed by atoms with Crippen LogP contribution in [0, 0.1) is 0 Å². The van der Waals surface area contributed by atoms with Gasteiger partial charge in [-0.3, -0.25) is 19.7 Å². The molecule has 0 saturated carbocycles. The van der Waals surface area contributed by atoms with Crippen LogP contribution < -0.4 is 10.6 Å². The first-order valence-corrected chi connectivity index (χ1v) is 7.91. The minimum absolute atomic E-state index is 0.297. The Kier molecular flexibility index (Phi) is 5.35. The fourth-order valence-electron chi connectivity index (χ4n) is 2.30. The van der Waals surface area contributed by atoms with Crippen molar-refractivity contribution in [3.63, 3.8) is 0 Å². The number of aliphatic hydroxyl groups is 1. The van der Waals surface area contributed by atoms with Crippen molar-refractivity contribution < 1.29 is 14.7 Å². The molecule has 0 spiro atoms. The maximum Gasteiger partial charge on any atom is 0.252 e. The molecular weight excluding hydrogens is 334 g/mol. The van der Waals surface area contributed by atoms with E-state index in [-0.39, 0.29) is 0 Å². The van der Waals surface area contributed by atoms with Gasteiger partial charge in [0.1, 0.15) is 6.04 Å². The average molecular weight is 351 g/mol. The molecule has 0 bridgehead atoms. The number of aromatic amines is 1. The van der Waals surface area contributed by atoms with Gasteiger partial charge >= 0.3 is 0 Å². The lowest BCUT2D eigenvalue weighted by molar-refractivity contribution is -0.118. The Morgan fingerprint density at radius 3 is 2.54 bits per heavy atom. The summed E-state index contributed by atoms with van der Waals surface area (Å²) >= 11 is 0. The molecule has 8 nitrogen and oxygen atoms in total. The van der Waals surface area contributed by atoms with E-state index < -0.39 is 24.5 Å². The van der Waals surface area contributed by atoms with E-state index in [2.05, 4.69) is 25.8 Å². The van der Waals surface area contributed by atoms with Gasteiger partial charge in [0.05, 0.1) is 12.3 Å². The molecule has 0 aliphatic carbocycles. The van der Waals surface area contributed by atoms with Crippen LogP contribution in [0.15, 0.2) is 60.9 Å². The molecule has 0 aliphatic heterocycles. The molecule has 1 aromatic carbocycles. The van der Waals surface area contributed by atoms with Crippen LogP contribution in [0.5, 0.6) is 0 Å². The summed E-state index contributed by atoms with van der Waals surface area (Å²) in [5.74, 6) is -0.750. The summed E-state index contributed by atoms with van der Waals surface area (Å²) in [5, 5.41) is 21.3. The van der Waals surface area contributed by atoms with Crippen LogP contribution in [0.2, 0.25) is 0 Å². The lowest BCUT2D eigenvalue weighted by atomic mass is 10.1.